The van der Waals surface area contributed by atoms with Crippen molar-refractivity contribution in [2.24, 2.45) is 0 Å². The third kappa shape index (κ3) is 5.26. The van der Waals surface area contributed by atoms with E-state index in [1.54, 1.807) is 84.9 Å². The molecule has 0 atom stereocenters. The zero-order valence-corrected chi connectivity index (χ0v) is 20.6. The summed E-state index contributed by atoms with van der Waals surface area (Å²) in [5.41, 5.74) is 4.64. The highest BCUT2D eigenvalue weighted by Crippen LogP contribution is 2.32. The third-order valence-electron chi connectivity index (χ3n) is 6.11. The van der Waals surface area contributed by atoms with E-state index in [1.165, 1.54) is 0 Å². The van der Waals surface area contributed by atoms with Crippen LogP contribution in [0.2, 0.25) is 0 Å². The maximum absolute atomic E-state index is 13.9. The molecular weight excluding hydrogens is 452 g/mol. The van der Waals surface area contributed by atoms with Crippen LogP contribution in [-0.2, 0) is 0 Å². The first-order valence-corrected chi connectivity index (χ1v) is 11.6. The number of rotatable bonds is 6. The lowest BCUT2D eigenvalue weighted by Crippen LogP contribution is -2.15. The number of ether oxygens (including phenoxy) is 2. The highest BCUT2D eigenvalue weighted by molar-refractivity contribution is 6.13. The fourth-order valence-corrected chi connectivity index (χ4v) is 3.71. The Kier molecular flexibility index (Phi) is 7.11. The molecule has 5 nitrogen and oxygen atoms in total. The molecule has 0 bridgehead atoms. The topological polar surface area (TPSA) is 69.7 Å². The van der Waals surface area contributed by atoms with Gasteiger partial charge in [0, 0.05) is 0 Å². The van der Waals surface area contributed by atoms with Crippen molar-refractivity contribution in [1.82, 2.24) is 0 Å². The van der Waals surface area contributed by atoms with Gasteiger partial charge in [-0.05, 0) is 98.5 Å². The Bertz CT molecular complexity index is 1340. The second-order valence-electron chi connectivity index (χ2n) is 8.71. The van der Waals surface area contributed by atoms with Crippen LogP contribution < -0.4 is 9.47 Å². The van der Waals surface area contributed by atoms with E-state index in [0.717, 1.165) is 22.3 Å². The molecular formula is C31H26O5. The summed E-state index contributed by atoms with van der Waals surface area (Å²) in [6.45, 7) is 7.52. The number of carbonyl (C=O) groups excluding carboxylic acids is 3. The van der Waals surface area contributed by atoms with E-state index < -0.39 is 17.7 Å². The Balaban J connectivity index is 1.76. The molecule has 0 unspecified atom stereocenters. The Morgan fingerprint density at radius 1 is 0.500 bits per heavy atom. The summed E-state index contributed by atoms with van der Waals surface area (Å²) in [5.74, 6) is -1.24. The molecule has 4 aromatic rings. The van der Waals surface area contributed by atoms with Crippen LogP contribution in [0.1, 0.15) is 58.9 Å². The first kappa shape index (κ1) is 24.6. The summed E-state index contributed by atoms with van der Waals surface area (Å²) in [5, 5.41) is 0. The molecule has 0 aliphatic heterocycles. The predicted molar refractivity (Wildman–Crippen MR) is 138 cm³/mol. The smallest absolute Gasteiger partial charge is 0.343 e. The van der Waals surface area contributed by atoms with E-state index in [2.05, 4.69) is 0 Å². The van der Waals surface area contributed by atoms with Crippen LogP contribution in [0.3, 0.4) is 0 Å². The predicted octanol–water partition coefficient (Wildman–Crippen LogP) is 6.59. The lowest BCUT2D eigenvalue weighted by Gasteiger charge is -2.16. The summed E-state index contributed by atoms with van der Waals surface area (Å²) in [6, 6.07) is 23.9. The van der Waals surface area contributed by atoms with Crippen LogP contribution >= 0.6 is 0 Å². The lowest BCUT2D eigenvalue weighted by molar-refractivity contribution is 0.0725. The van der Waals surface area contributed by atoms with Gasteiger partial charge in [0.15, 0.2) is 0 Å². The van der Waals surface area contributed by atoms with Crippen molar-refractivity contribution in [1.29, 1.82) is 0 Å². The fraction of sp³-hybridized carbons (Fsp3) is 0.129. The number of hydrogen-bond donors (Lipinski definition) is 0. The highest BCUT2D eigenvalue weighted by Gasteiger charge is 2.24. The highest BCUT2D eigenvalue weighted by atomic mass is 16.5. The molecule has 0 N–H and O–H groups in total. The molecule has 0 aliphatic carbocycles. The summed E-state index contributed by atoms with van der Waals surface area (Å²) in [4.78, 5) is 39.4. The number of aryl methyl sites for hydroxylation is 4. The SMILES string of the molecule is Cc1cc(OC(=O)c2ccccc2)c(C(=O)c2cc(C)c(C)cc2OC(=O)c2ccccc2)cc1C. The number of esters is 2. The van der Waals surface area contributed by atoms with Crippen molar-refractivity contribution >= 4 is 17.7 Å². The largest absolute Gasteiger partial charge is 0.422 e. The molecule has 5 heteroatoms. The molecule has 0 saturated carbocycles. The van der Waals surface area contributed by atoms with E-state index in [4.69, 9.17) is 9.47 Å². The van der Waals surface area contributed by atoms with Crippen molar-refractivity contribution in [3.8, 4) is 11.5 Å². The minimum Gasteiger partial charge on any atom is -0.422 e. The maximum Gasteiger partial charge on any atom is 0.343 e. The second-order valence-corrected chi connectivity index (χ2v) is 8.71. The molecule has 0 amide bonds. The van der Waals surface area contributed by atoms with E-state index in [1.807, 2.05) is 27.7 Å². The lowest BCUT2D eigenvalue weighted by atomic mass is 9.95. The zero-order chi connectivity index (χ0) is 25.8. The number of carbonyl (C=O) groups is 3. The van der Waals surface area contributed by atoms with Crippen LogP contribution in [0.15, 0.2) is 84.9 Å². The molecule has 36 heavy (non-hydrogen) atoms. The monoisotopic (exact) mass is 478 g/mol. The van der Waals surface area contributed by atoms with Gasteiger partial charge >= 0.3 is 11.9 Å². The van der Waals surface area contributed by atoms with Gasteiger partial charge in [0.1, 0.15) is 11.5 Å². The molecule has 0 heterocycles. The average molecular weight is 479 g/mol. The minimum atomic E-state index is -0.566. The van der Waals surface area contributed by atoms with Gasteiger partial charge < -0.3 is 9.47 Å². The van der Waals surface area contributed by atoms with Gasteiger partial charge in [-0.3, -0.25) is 4.79 Å². The van der Waals surface area contributed by atoms with E-state index in [-0.39, 0.29) is 22.6 Å². The molecule has 4 rings (SSSR count). The summed E-state index contributed by atoms with van der Waals surface area (Å²) in [7, 11) is 0. The van der Waals surface area contributed by atoms with Gasteiger partial charge in [-0.2, -0.15) is 0 Å². The average Bonchev–Trinajstić information content (AvgIpc) is 2.88. The fourth-order valence-electron chi connectivity index (χ4n) is 3.71. The van der Waals surface area contributed by atoms with Gasteiger partial charge in [0.2, 0.25) is 5.78 Å². The number of hydrogen-bond acceptors (Lipinski definition) is 5. The van der Waals surface area contributed by atoms with Crippen LogP contribution in [-0.4, -0.2) is 17.7 Å². The Hall–Kier alpha value is -4.51. The molecule has 180 valence electrons. The quantitative estimate of drug-likeness (QED) is 0.178. The molecule has 0 spiro atoms. The molecule has 0 radical (unpaired) electrons. The van der Waals surface area contributed by atoms with E-state index in [9.17, 15) is 14.4 Å². The second kappa shape index (κ2) is 10.4. The van der Waals surface area contributed by atoms with Crippen LogP contribution in [0.5, 0.6) is 11.5 Å². The van der Waals surface area contributed by atoms with Gasteiger partial charge in [-0.1, -0.05) is 36.4 Å². The van der Waals surface area contributed by atoms with Gasteiger partial charge in [-0.25, -0.2) is 9.59 Å². The summed E-state index contributed by atoms with van der Waals surface area (Å²) >= 11 is 0. The van der Waals surface area contributed by atoms with Crippen LogP contribution in [0.25, 0.3) is 0 Å². The van der Waals surface area contributed by atoms with Crippen molar-refractivity contribution in [3.63, 3.8) is 0 Å². The minimum absolute atomic E-state index is 0.149. The van der Waals surface area contributed by atoms with E-state index in [0.29, 0.717) is 11.1 Å². The van der Waals surface area contributed by atoms with Crippen LogP contribution in [0.4, 0.5) is 0 Å². The Morgan fingerprint density at radius 2 is 0.833 bits per heavy atom. The Morgan fingerprint density at radius 3 is 1.19 bits per heavy atom. The van der Waals surface area contributed by atoms with Gasteiger partial charge in [-0.15, -0.1) is 0 Å². The van der Waals surface area contributed by atoms with E-state index >= 15 is 0 Å². The van der Waals surface area contributed by atoms with Crippen molar-refractivity contribution in [2.75, 3.05) is 0 Å². The van der Waals surface area contributed by atoms with Crippen molar-refractivity contribution in [2.45, 2.75) is 27.7 Å². The number of ketones is 1. The molecule has 0 fully saturated rings. The van der Waals surface area contributed by atoms with Crippen molar-refractivity contribution in [3.05, 3.63) is 129 Å². The van der Waals surface area contributed by atoms with Crippen molar-refractivity contribution < 1.29 is 23.9 Å². The van der Waals surface area contributed by atoms with Gasteiger partial charge in [0.05, 0.1) is 22.3 Å². The normalized spacial score (nSPS) is 10.6. The molecule has 0 aliphatic rings. The Labute approximate surface area is 210 Å². The standard InChI is InChI=1S/C31H26O5/c1-19-15-25(27(17-21(19)3)35-30(33)23-11-7-5-8-12-23)29(32)26-16-20(2)22(4)18-28(26)36-31(34)24-13-9-6-10-14-24/h5-18H,1-4H3. The molecule has 4 aromatic carbocycles. The zero-order valence-electron chi connectivity index (χ0n) is 20.6. The van der Waals surface area contributed by atoms with Gasteiger partial charge in [0.25, 0.3) is 0 Å². The maximum atomic E-state index is 13.9. The van der Waals surface area contributed by atoms with Crippen LogP contribution in [0, 0.1) is 27.7 Å². The summed E-state index contributed by atoms with van der Waals surface area (Å²) < 4.78 is 11.4. The third-order valence-corrected chi connectivity index (χ3v) is 6.11. The number of benzene rings is 4. The first-order chi connectivity index (χ1) is 17.2. The molecule has 0 aromatic heterocycles. The summed E-state index contributed by atoms with van der Waals surface area (Å²) in [6.07, 6.45) is 0. The first-order valence-electron chi connectivity index (χ1n) is 11.6. The molecule has 0 saturated heterocycles.